The van der Waals surface area contributed by atoms with Gasteiger partial charge in [-0.25, -0.2) is 9.97 Å². The van der Waals surface area contributed by atoms with E-state index in [1.54, 1.807) is 13.3 Å². The Morgan fingerprint density at radius 1 is 1.25 bits per heavy atom. The first-order chi connectivity index (χ1) is 9.61. The fourth-order valence-corrected chi connectivity index (χ4v) is 2.32. The fourth-order valence-electron chi connectivity index (χ4n) is 2.32. The first-order valence-electron chi connectivity index (χ1n) is 6.27. The van der Waals surface area contributed by atoms with E-state index in [4.69, 9.17) is 4.74 Å². The van der Waals surface area contributed by atoms with Crippen molar-refractivity contribution in [1.29, 1.82) is 0 Å². The Morgan fingerprint density at radius 3 is 2.70 bits per heavy atom. The first kappa shape index (κ1) is 12.5. The number of ether oxygens (including phenoxy) is 1. The molecule has 0 amide bonds. The van der Waals surface area contributed by atoms with Gasteiger partial charge >= 0.3 is 0 Å². The third-order valence-corrected chi connectivity index (χ3v) is 3.41. The monoisotopic (exact) mass is 269 g/mol. The highest BCUT2D eigenvalue weighted by molar-refractivity contribution is 5.94. The standard InChI is InChI=1S/C15H15N3O2/c1-9-11-5-4-10(20-3)8-12(11)14(19)13(17-9)15-16-6-7-18(15)2/h4-8,19H,1-3H3. The third-order valence-electron chi connectivity index (χ3n) is 3.41. The van der Waals surface area contributed by atoms with Gasteiger partial charge in [-0.05, 0) is 25.1 Å². The van der Waals surface area contributed by atoms with E-state index in [1.165, 1.54) is 0 Å². The zero-order valence-corrected chi connectivity index (χ0v) is 11.6. The minimum atomic E-state index is 0.124. The zero-order chi connectivity index (χ0) is 14.3. The molecule has 5 heteroatoms. The Bertz CT molecular complexity index is 793. The van der Waals surface area contributed by atoms with Crippen molar-refractivity contribution in [3.05, 3.63) is 36.3 Å². The van der Waals surface area contributed by atoms with Crippen LogP contribution >= 0.6 is 0 Å². The molecule has 2 heterocycles. The smallest absolute Gasteiger partial charge is 0.162 e. The summed E-state index contributed by atoms with van der Waals surface area (Å²) in [5.41, 5.74) is 1.33. The third kappa shape index (κ3) is 1.79. The van der Waals surface area contributed by atoms with Crippen LogP contribution in [0.25, 0.3) is 22.3 Å². The van der Waals surface area contributed by atoms with E-state index in [1.807, 2.05) is 42.9 Å². The van der Waals surface area contributed by atoms with Crippen LogP contribution in [0.15, 0.2) is 30.6 Å². The molecular formula is C15H15N3O2. The zero-order valence-electron chi connectivity index (χ0n) is 11.6. The SMILES string of the molecule is COc1ccc2c(C)nc(-c3nccn3C)c(O)c2c1. The van der Waals surface area contributed by atoms with E-state index in [0.29, 0.717) is 17.3 Å². The van der Waals surface area contributed by atoms with Crippen molar-refractivity contribution in [1.82, 2.24) is 14.5 Å². The lowest BCUT2D eigenvalue weighted by Crippen LogP contribution is -1.97. The summed E-state index contributed by atoms with van der Waals surface area (Å²) >= 11 is 0. The summed E-state index contributed by atoms with van der Waals surface area (Å²) in [5, 5.41) is 12.1. The van der Waals surface area contributed by atoms with Crippen molar-refractivity contribution >= 4 is 10.8 Å². The van der Waals surface area contributed by atoms with Crippen molar-refractivity contribution in [2.24, 2.45) is 7.05 Å². The number of rotatable bonds is 2. The van der Waals surface area contributed by atoms with Gasteiger partial charge in [0.2, 0.25) is 0 Å². The molecule has 0 radical (unpaired) electrons. The van der Waals surface area contributed by atoms with Crippen LogP contribution in [-0.4, -0.2) is 26.8 Å². The number of aryl methyl sites for hydroxylation is 2. The Balaban J connectivity index is 2.35. The summed E-state index contributed by atoms with van der Waals surface area (Å²) in [7, 11) is 3.47. The lowest BCUT2D eigenvalue weighted by Gasteiger charge is -2.11. The molecular weight excluding hydrogens is 254 g/mol. The topological polar surface area (TPSA) is 60.2 Å². The summed E-state index contributed by atoms with van der Waals surface area (Å²) in [6.07, 6.45) is 3.50. The molecule has 0 aliphatic heterocycles. The minimum absolute atomic E-state index is 0.124. The number of fused-ring (bicyclic) bond motifs is 1. The number of benzene rings is 1. The number of imidazole rings is 1. The lowest BCUT2D eigenvalue weighted by atomic mass is 10.1. The maximum atomic E-state index is 10.5. The molecule has 0 unspecified atom stereocenters. The molecule has 5 nitrogen and oxygen atoms in total. The van der Waals surface area contributed by atoms with E-state index in [-0.39, 0.29) is 5.75 Å². The maximum absolute atomic E-state index is 10.5. The summed E-state index contributed by atoms with van der Waals surface area (Å²) in [4.78, 5) is 8.73. The van der Waals surface area contributed by atoms with Crippen LogP contribution in [-0.2, 0) is 7.05 Å². The molecule has 0 saturated carbocycles. The number of methoxy groups -OCH3 is 1. The normalized spacial score (nSPS) is 10.9. The van der Waals surface area contributed by atoms with Gasteiger partial charge in [0.1, 0.15) is 11.4 Å². The Hall–Kier alpha value is -2.56. The number of aromatic hydroxyl groups is 1. The number of hydrogen-bond donors (Lipinski definition) is 1. The largest absolute Gasteiger partial charge is 0.505 e. The highest BCUT2D eigenvalue weighted by atomic mass is 16.5. The van der Waals surface area contributed by atoms with E-state index in [0.717, 1.165) is 16.5 Å². The van der Waals surface area contributed by atoms with Crippen LogP contribution in [0.2, 0.25) is 0 Å². The molecule has 0 bridgehead atoms. The highest BCUT2D eigenvalue weighted by Crippen LogP contribution is 2.36. The Morgan fingerprint density at radius 2 is 2.05 bits per heavy atom. The van der Waals surface area contributed by atoms with Gasteiger partial charge in [-0.15, -0.1) is 0 Å². The molecule has 0 aliphatic rings. The minimum Gasteiger partial charge on any atom is -0.505 e. The number of aromatic nitrogens is 3. The lowest BCUT2D eigenvalue weighted by molar-refractivity contribution is 0.415. The summed E-state index contributed by atoms with van der Waals surface area (Å²) in [6, 6.07) is 5.57. The molecule has 20 heavy (non-hydrogen) atoms. The van der Waals surface area contributed by atoms with Crippen molar-refractivity contribution in [3.63, 3.8) is 0 Å². The van der Waals surface area contributed by atoms with Gasteiger partial charge in [0, 0.05) is 35.9 Å². The molecule has 3 rings (SSSR count). The van der Waals surface area contributed by atoms with Crippen LogP contribution in [0, 0.1) is 6.92 Å². The molecule has 0 aliphatic carbocycles. The van der Waals surface area contributed by atoms with Gasteiger partial charge in [0.15, 0.2) is 11.6 Å². The number of pyridine rings is 1. The second-order valence-corrected chi connectivity index (χ2v) is 4.67. The molecule has 2 aromatic heterocycles. The van der Waals surface area contributed by atoms with Crippen LogP contribution in [0.4, 0.5) is 0 Å². The fraction of sp³-hybridized carbons (Fsp3) is 0.200. The average molecular weight is 269 g/mol. The van der Waals surface area contributed by atoms with Crippen molar-refractivity contribution < 1.29 is 9.84 Å². The van der Waals surface area contributed by atoms with E-state index in [9.17, 15) is 5.11 Å². The highest BCUT2D eigenvalue weighted by Gasteiger charge is 2.16. The molecule has 0 saturated heterocycles. The van der Waals surface area contributed by atoms with Crippen LogP contribution < -0.4 is 4.74 Å². The summed E-state index contributed by atoms with van der Waals surface area (Å²) in [6.45, 7) is 1.92. The molecule has 102 valence electrons. The van der Waals surface area contributed by atoms with Crippen LogP contribution in [0.5, 0.6) is 11.5 Å². The first-order valence-corrected chi connectivity index (χ1v) is 6.27. The van der Waals surface area contributed by atoms with Gasteiger partial charge in [-0.2, -0.15) is 0 Å². The predicted molar refractivity (Wildman–Crippen MR) is 76.9 cm³/mol. The van der Waals surface area contributed by atoms with Gasteiger partial charge in [-0.3, -0.25) is 0 Å². The van der Waals surface area contributed by atoms with Crippen molar-refractivity contribution in [3.8, 4) is 23.0 Å². The van der Waals surface area contributed by atoms with Gasteiger partial charge in [-0.1, -0.05) is 0 Å². The summed E-state index contributed by atoms with van der Waals surface area (Å²) < 4.78 is 7.05. The van der Waals surface area contributed by atoms with Gasteiger partial charge in [0.25, 0.3) is 0 Å². The van der Waals surface area contributed by atoms with E-state index >= 15 is 0 Å². The molecule has 0 fully saturated rings. The van der Waals surface area contributed by atoms with E-state index < -0.39 is 0 Å². The van der Waals surface area contributed by atoms with Crippen LogP contribution in [0.1, 0.15) is 5.69 Å². The van der Waals surface area contributed by atoms with Crippen LogP contribution in [0.3, 0.4) is 0 Å². The molecule has 0 spiro atoms. The molecule has 1 aromatic carbocycles. The Kier molecular flexibility index (Phi) is 2.82. The van der Waals surface area contributed by atoms with E-state index in [2.05, 4.69) is 9.97 Å². The van der Waals surface area contributed by atoms with Gasteiger partial charge < -0.3 is 14.4 Å². The number of nitrogens with zero attached hydrogens (tertiary/aromatic N) is 3. The van der Waals surface area contributed by atoms with Crippen molar-refractivity contribution in [2.75, 3.05) is 7.11 Å². The molecule has 3 aromatic rings. The quantitative estimate of drug-likeness (QED) is 0.777. The van der Waals surface area contributed by atoms with Crippen molar-refractivity contribution in [2.45, 2.75) is 6.92 Å². The average Bonchev–Trinajstić information content (AvgIpc) is 2.88. The van der Waals surface area contributed by atoms with Gasteiger partial charge in [0.05, 0.1) is 7.11 Å². The maximum Gasteiger partial charge on any atom is 0.162 e. The number of hydrogen-bond acceptors (Lipinski definition) is 4. The second-order valence-electron chi connectivity index (χ2n) is 4.67. The predicted octanol–water partition coefficient (Wildman–Crippen LogP) is 2.66. The second kappa shape index (κ2) is 4.52. The Labute approximate surface area is 116 Å². The molecule has 0 atom stereocenters. The molecule has 1 N–H and O–H groups in total. The summed E-state index contributed by atoms with van der Waals surface area (Å²) in [5.74, 6) is 1.46.